The first kappa shape index (κ1) is 9.01. The third-order valence-corrected chi connectivity index (χ3v) is 2.63. The third kappa shape index (κ3) is 2.17. The van der Waals surface area contributed by atoms with Crippen LogP contribution in [0, 0.1) is 11.3 Å². The quantitative estimate of drug-likeness (QED) is 0.644. The van der Waals surface area contributed by atoms with Crippen molar-refractivity contribution in [3.8, 4) is 0 Å². The summed E-state index contributed by atoms with van der Waals surface area (Å²) in [4.78, 5) is 0. The Balaban J connectivity index is 2.40. The molecule has 1 saturated carbocycles. The Morgan fingerprint density at radius 3 is 2.36 bits per heavy atom. The first-order chi connectivity index (χ1) is 5.08. The van der Waals surface area contributed by atoms with Crippen molar-refractivity contribution in [1.82, 2.24) is 0 Å². The molecule has 66 valence electrons. The molecule has 0 aliphatic heterocycles. The average Bonchev–Trinajstić information content (AvgIpc) is 2.67. The van der Waals surface area contributed by atoms with E-state index in [0.29, 0.717) is 12.3 Å². The van der Waals surface area contributed by atoms with Crippen LogP contribution in [-0.2, 0) is 0 Å². The third-order valence-electron chi connectivity index (χ3n) is 2.63. The molecule has 0 spiro atoms. The molecule has 0 saturated heterocycles. The topological polar surface area (TPSA) is 40.5 Å². The van der Waals surface area contributed by atoms with E-state index in [-0.39, 0.29) is 18.1 Å². The van der Waals surface area contributed by atoms with Crippen molar-refractivity contribution in [1.29, 1.82) is 0 Å². The van der Waals surface area contributed by atoms with Gasteiger partial charge >= 0.3 is 0 Å². The molecule has 1 atom stereocenters. The van der Waals surface area contributed by atoms with Crippen LogP contribution in [0.4, 0.5) is 0 Å². The Kier molecular flexibility index (Phi) is 2.55. The predicted octanol–water partition coefficient (Wildman–Crippen LogP) is 1.17. The van der Waals surface area contributed by atoms with Gasteiger partial charge in [-0.25, -0.2) is 0 Å². The van der Waals surface area contributed by atoms with Gasteiger partial charge in [-0.3, -0.25) is 0 Å². The van der Waals surface area contributed by atoms with E-state index in [1.165, 1.54) is 0 Å². The second kappa shape index (κ2) is 3.11. The Bertz CT molecular complexity index is 128. The lowest BCUT2D eigenvalue weighted by Gasteiger charge is -2.29. The molecule has 1 aliphatic rings. The Morgan fingerprint density at radius 2 is 2.00 bits per heavy atom. The Hall–Kier alpha value is -0.0800. The minimum absolute atomic E-state index is 0.101. The second-order valence-corrected chi connectivity index (χ2v) is 4.24. The van der Waals surface area contributed by atoms with Crippen molar-refractivity contribution in [3.63, 3.8) is 0 Å². The second-order valence-electron chi connectivity index (χ2n) is 4.24. The lowest BCUT2D eigenvalue weighted by molar-refractivity contribution is 0.0156. The molecule has 1 aliphatic carbocycles. The van der Waals surface area contributed by atoms with Gasteiger partial charge in [-0.15, -0.1) is 0 Å². The molecule has 0 aromatic carbocycles. The number of hydrogen-bond acceptors (Lipinski definition) is 2. The smallest absolute Gasteiger partial charge is 0.0620 e. The van der Waals surface area contributed by atoms with E-state index in [1.807, 2.05) is 13.8 Å². The normalized spacial score (nSPS) is 21.8. The fraction of sp³-hybridized carbons (Fsp3) is 1.00. The van der Waals surface area contributed by atoms with Crippen LogP contribution in [0.5, 0.6) is 0 Å². The summed E-state index contributed by atoms with van der Waals surface area (Å²) in [6, 6.07) is 0. The lowest BCUT2D eigenvalue weighted by atomic mass is 9.81. The van der Waals surface area contributed by atoms with E-state index < -0.39 is 0 Å². The van der Waals surface area contributed by atoms with Gasteiger partial charge < -0.3 is 10.2 Å². The molecule has 0 bridgehead atoms. The molecular formula is C9H18O2. The van der Waals surface area contributed by atoms with Gasteiger partial charge in [-0.2, -0.15) is 0 Å². The van der Waals surface area contributed by atoms with Crippen LogP contribution in [0.2, 0.25) is 0 Å². The van der Waals surface area contributed by atoms with Gasteiger partial charge in [0.2, 0.25) is 0 Å². The maximum absolute atomic E-state index is 9.74. The lowest BCUT2D eigenvalue weighted by Crippen LogP contribution is -2.31. The maximum Gasteiger partial charge on any atom is 0.0620 e. The van der Waals surface area contributed by atoms with Crippen LogP contribution >= 0.6 is 0 Å². The van der Waals surface area contributed by atoms with E-state index in [4.69, 9.17) is 5.11 Å². The molecule has 0 amide bonds. The number of aliphatic hydroxyl groups is 2. The molecule has 0 radical (unpaired) electrons. The fourth-order valence-corrected chi connectivity index (χ4v) is 1.49. The molecule has 0 aromatic rings. The van der Waals surface area contributed by atoms with E-state index in [9.17, 15) is 5.11 Å². The van der Waals surface area contributed by atoms with Crippen LogP contribution in [-0.4, -0.2) is 22.9 Å². The maximum atomic E-state index is 9.74. The molecular weight excluding hydrogens is 140 g/mol. The molecule has 2 nitrogen and oxygen atoms in total. The summed E-state index contributed by atoms with van der Waals surface area (Å²) in [7, 11) is 0. The van der Waals surface area contributed by atoms with Crippen molar-refractivity contribution in [2.24, 2.45) is 11.3 Å². The molecule has 1 unspecified atom stereocenters. The minimum atomic E-state index is -0.213. The number of rotatable bonds is 4. The summed E-state index contributed by atoms with van der Waals surface area (Å²) in [5.74, 6) is 0.511. The largest absolute Gasteiger partial charge is 0.396 e. The molecule has 1 fully saturated rings. The van der Waals surface area contributed by atoms with Crippen molar-refractivity contribution in [2.45, 2.75) is 39.2 Å². The minimum Gasteiger partial charge on any atom is -0.396 e. The molecule has 2 heteroatoms. The zero-order valence-corrected chi connectivity index (χ0v) is 7.38. The highest BCUT2D eigenvalue weighted by atomic mass is 16.3. The van der Waals surface area contributed by atoms with Crippen molar-refractivity contribution < 1.29 is 10.2 Å². The van der Waals surface area contributed by atoms with Gasteiger partial charge in [-0.1, -0.05) is 13.8 Å². The number of aliphatic hydroxyl groups excluding tert-OH is 2. The summed E-state index contributed by atoms with van der Waals surface area (Å²) in [6.07, 6.45) is 2.81. The van der Waals surface area contributed by atoms with Crippen LogP contribution in [0.1, 0.15) is 33.1 Å². The molecule has 11 heavy (non-hydrogen) atoms. The Morgan fingerprint density at radius 1 is 1.45 bits per heavy atom. The average molecular weight is 158 g/mol. The predicted molar refractivity (Wildman–Crippen MR) is 44.2 cm³/mol. The van der Waals surface area contributed by atoms with E-state index >= 15 is 0 Å². The molecule has 1 rings (SSSR count). The van der Waals surface area contributed by atoms with Gasteiger partial charge in [0.1, 0.15) is 0 Å². The molecule has 0 aromatic heterocycles. The molecule has 2 N–H and O–H groups in total. The van der Waals surface area contributed by atoms with Crippen LogP contribution in [0.3, 0.4) is 0 Å². The van der Waals surface area contributed by atoms with Crippen molar-refractivity contribution in [3.05, 3.63) is 0 Å². The van der Waals surface area contributed by atoms with Gasteiger partial charge in [-0.05, 0) is 30.6 Å². The summed E-state index contributed by atoms with van der Waals surface area (Å²) in [5.41, 5.74) is -0.101. The van der Waals surface area contributed by atoms with Gasteiger partial charge in [0, 0.05) is 6.61 Å². The zero-order valence-electron chi connectivity index (χ0n) is 7.38. The first-order valence-corrected chi connectivity index (χ1v) is 4.37. The van der Waals surface area contributed by atoms with Crippen LogP contribution in [0.25, 0.3) is 0 Å². The van der Waals surface area contributed by atoms with Crippen molar-refractivity contribution >= 4 is 0 Å². The number of hydrogen-bond donors (Lipinski definition) is 2. The van der Waals surface area contributed by atoms with E-state index in [0.717, 1.165) is 12.8 Å². The molecule has 0 heterocycles. The summed E-state index contributed by atoms with van der Waals surface area (Å²) in [5, 5.41) is 18.5. The van der Waals surface area contributed by atoms with Crippen LogP contribution in [0.15, 0.2) is 0 Å². The standard InChI is InChI=1S/C9H18O2/c1-9(2,5-6-10)8(11)7-3-4-7/h7-8,10-11H,3-6H2,1-2H3. The van der Waals surface area contributed by atoms with Gasteiger partial charge in [0.15, 0.2) is 0 Å². The van der Waals surface area contributed by atoms with E-state index in [1.54, 1.807) is 0 Å². The zero-order chi connectivity index (χ0) is 8.48. The van der Waals surface area contributed by atoms with Gasteiger partial charge in [0.25, 0.3) is 0 Å². The SMILES string of the molecule is CC(C)(CCO)C(O)C1CC1. The first-order valence-electron chi connectivity index (χ1n) is 4.37. The highest BCUT2D eigenvalue weighted by Crippen LogP contribution is 2.41. The highest BCUT2D eigenvalue weighted by molar-refractivity contribution is 4.89. The fourth-order valence-electron chi connectivity index (χ4n) is 1.49. The van der Waals surface area contributed by atoms with Crippen molar-refractivity contribution in [2.75, 3.05) is 6.61 Å². The Labute approximate surface area is 68.2 Å². The summed E-state index contributed by atoms with van der Waals surface area (Å²) < 4.78 is 0. The summed E-state index contributed by atoms with van der Waals surface area (Å²) in [6.45, 7) is 4.22. The van der Waals surface area contributed by atoms with Gasteiger partial charge in [0.05, 0.1) is 6.10 Å². The van der Waals surface area contributed by atoms with E-state index in [2.05, 4.69) is 0 Å². The summed E-state index contributed by atoms with van der Waals surface area (Å²) >= 11 is 0. The monoisotopic (exact) mass is 158 g/mol. The van der Waals surface area contributed by atoms with Crippen LogP contribution < -0.4 is 0 Å². The highest BCUT2D eigenvalue weighted by Gasteiger charge is 2.39.